The Kier molecular flexibility index (Phi) is 5.97. The van der Waals surface area contributed by atoms with Crippen LogP contribution < -0.4 is 15.8 Å². The number of carbonyl (C=O) groups is 1. The zero-order valence-electron chi connectivity index (χ0n) is 14.9. The Balaban J connectivity index is 2.04. The molecule has 0 radical (unpaired) electrons. The molecule has 0 saturated carbocycles. The van der Waals surface area contributed by atoms with Crippen LogP contribution in [0.3, 0.4) is 0 Å². The molecule has 1 fully saturated rings. The summed E-state index contributed by atoms with van der Waals surface area (Å²) in [4.78, 5) is 25.1. The summed E-state index contributed by atoms with van der Waals surface area (Å²) in [6.07, 6.45) is 0.823. The number of benzene rings is 1. The van der Waals surface area contributed by atoms with Crippen LogP contribution in [0.4, 0.5) is 11.4 Å². The maximum Gasteiger partial charge on any atom is 0.296 e. The fourth-order valence-electron chi connectivity index (χ4n) is 3.04. The van der Waals surface area contributed by atoms with Crippen LogP contribution in [-0.4, -0.2) is 48.0 Å². The van der Waals surface area contributed by atoms with Crippen LogP contribution in [0.25, 0.3) is 0 Å². The van der Waals surface area contributed by atoms with Crippen LogP contribution in [0.5, 0.6) is 5.75 Å². The van der Waals surface area contributed by atoms with Gasteiger partial charge in [0.2, 0.25) is 5.91 Å². The predicted octanol–water partition coefficient (Wildman–Crippen LogP) is 1.99. The summed E-state index contributed by atoms with van der Waals surface area (Å²) in [6, 6.07) is 4.54. The summed E-state index contributed by atoms with van der Waals surface area (Å²) in [5.41, 5.74) is 6.03. The molecule has 0 aliphatic carbocycles. The first-order chi connectivity index (χ1) is 11.7. The van der Waals surface area contributed by atoms with Crippen molar-refractivity contribution in [1.82, 2.24) is 4.90 Å². The van der Waals surface area contributed by atoms with Gasteiger partial charge >= 0.3 is 0 Å². The van der Waals surface area contributed by atoms with Crippen molar-refractivity contribution in [3.05, 3.63) is 28.3 Å². The van der Waals surface area contributed by atoms with Crippen LogP contribution in [0.15, 0.2) is 18.2 Å². The number of carbonyl (C=O) groups excluding carboxylic acids is 1. The molecular formula is C17H26N4O4. The zero-order chi connectivity index (χ0) is 18.6. The van der Waals surface area contributed by atoms with E-state index in [1.165, 1.54) is 12.1 Å². The second-order valence-corrected chi connectivity index (χ2v) is 7.01. The van der Waals surface area contributed by atoms with E-state index in [1.54, 1.807) is 13.0 Å². The van der Waals surface area contributed by atoms with Crippen molar-refractivity contribution >= 4 is 17.3 Å². The summed E-state index contributed by atoms with van der Waals surface area (Å²) >= 11 is 0. The van der Waals surface area contributed by atoms with E-state index in [0.29, 0.717) is 18.9 Å². The number of piperidine rings is 1. The largest absolute Gasteiger partial charge is 0.494 e. The molecule has 1 aliphatic heterocycles. The molecule has 25 heavy (non-hydrogen) atoms. The Hall–Kier alpha value is -2.19. The third-order valence-corrected chi connectivity index (χ3v) is 4.51. The minimum Gasteiger partial charge on any atom is -0.494 e. The van der Waals surface area contributed by atoms with Crippen LogP contribution >= 0.6 is 0 Å². The molecule has 1 heterocycles. The first kappa shape index (κ1) is 19.1. The smallest absolute Gasteiger partial charge is 0.296 e. The molecule has 0 spiro atoms. The highest BCUT2D eigenvalue weighted by molar-refractivity contribution is 5.94. The van der Waals surface area contributed by atoms with E-state index in [9.17, 15) is 14.9 Å². The topological polar surface area (TPSA) is 111 Å². The van der Waals surface area contributed by atoms with Gasteiger partial charge in [-0.25, -0.2) is 0 Å². The molecule has 1 unspecified atom stereocenters. The average Bonchev–Trinajstić information content (AvgIpc) is 2.52. The van der Waals surface area contributed by atoms with Gasteiger partial charge in [-0.15, -0.1) is 0 Å². The number of nitrogens with zero attached hydrogens (tertiary/aromatic N) is 2. The number of rotatable bonds is 6. The normalized spacial score (nSPS) is 20.1. The molecule has 1 aromatic rings. The van der Waals surface area contributed by atoms with E-state index in [2.05, 4.69) is 19.2 Å². The number of hydrogen-bond acceptors (Lipinski definition) is 6. The summed E-state index contributed by atoms with van der Waals surface area (Å²) in [5.74, 6) is 0.123. The SMILES string of the molecule is CCOc1ccc(NC(=O)CN2CCC(N)C(C)(C)C2)c([N+](=O)[O-])c1. The molecular weight excluding hydrogens is 324 g/mol. The lowest BCUT2D eigenvalue weighted by molar-refractivity contribution is -0.384. The Morgan fingerprint density at radius 2 is 2.24 bits per heavy atom. The number of anilines is 1. The van der Waals surface area contributed by atoms with Gasteiger partial charge in [-0.05, 0) is 30.9 Å². The highest BCUT2D eigenvalue weighted by Gasteiger charge is 2.34. The second kappa shape index (κ2) is 7.79. The quantitative estimate of drug-likeness (QED) is 0.599. The van der Waals surface area contributed by atoms with Gasteiger partial charge in [0.15, 0.2) is 0 Å². The number of nitro benzene ring substituents is 1. The summed E-state index contributed by atoms with van der Waals surface area (Å²) in [7, 11) is 0. The Morgan fingerprint density at radius 3 is 2.84 bits per heavy atom. The number of nitro groups is 1. The van der Waals surface area contributed by atoms with Gasteiger partial charge in [0.1, 0.15) is 11.4 Å². The van der Waals surface area contributed by atoms with Gasteiger partial charge in [-0.2, -0.15) is 0 Å². The Morgan fingerprint density at radius 1 is 1.52 bits per heavy atom. The van der Waals surface area contributed by atoms with Crippen molar-refractivity contribution in [1.29, 1.82) is 0 Å². The van der Waals surface area contributed by atoms with Crippen molar-refractivity contribution in [2.24, 2.45) is 11.1 Å². The van der Waals surface area contributed by atoms with Crippen molar-refractivity contribution in [2.45, 2.75) is 33.2 Å². The third-order valence-electron chi connectivity index (χ3n) is 4.51. The number of likely N-dealkylation sites (tertiary alicyclic amines) is 1. The van der Waals surface area contributed by atoms with Crippen molar-refractivity contribution in [2.75, 3.05) is 31.6 Å². The molecule has 0 bridgehead atoms. The Bertz CT molecular complexity index is 648. The average molecular weight is 350 g/mol. The second-order valence-electron chi connectivity index (χ2n) is 7.01. The highest BCUT2D eigenvalue weighted by atomic mass is 16.6. The van der Waals surface area contributed by atoms with Crippen LogP contribution in [-0.2, 0) is 4.79 Å². The molecule has 1 amide bonds. The van der Waals surface area contributed by atoms with Crippen molar-refractivity contribution in [3.8, 4) is 5.75 Å². The molecule has 1 aliphatic rings. The maximum atomic E-state index is 12.3. The van der Waals surface area contributed by atoms with Gasteiger partial charge in [-0.1, -0.05) is 13.8 Å². The molecule has 1 saturated heterocycles. The van der Waals surface area contributed by atoms with Gasteiger partial charge in [0, 0.05) is 19.1 Å². The fourth-order valence-corrected chi connectivity index (χ4v) is 3.04. The van der Waals surface area contributed by atoms with Gasteiger partial charge in [-0.3, -0.25) is 19.8 Å². The van der Waals surface area contributed by atoms with E-state index < -0.39 is 4.92 Å². The lowest BCUT2D eigenvalue weighted by atomic mass is 9.80. The monoisotopic (exact) mass is 350 g/mol. The fraction of sp³-hybridized carbons (Fsp3) is 0.588. The van der Waals surface area contributed by atoms with Crippen LogP contribution in [0.2, 0.25) is 0 Å². The van der Waals surface area contributed by atoms with Gasteiger partial charge in [0.25, 0.3) is 5.69 Å². The molecule has 1 aromatic carbocycles. The number of amides is 1. The van der Waals surface area contributed by atoms with E-state index in [4.69, 9.17) is 10.5 Å². The molecule has 8 heteroatoms. The molecule has 138 valence electrons. The van der Waals surface area contributed by atoms with Crippen molar-refractivity contribution in [3.63, 3.8) is 0 Å². The van der Waals surface area contributed by atoms with Gasteiger partial charge < -0.3 is 15.8 Å². The molecule has 0 aromatic heterocycles. The van der Waals surface area contributed by atoms with Crippen LogP contribution in [0, 0.1) is 15.5 Å². The number of ether oxygens (including phenoxy) is 1. The number of nitrogens with one attached hydrogen (secondary N) is 1. The molecule has 8 nitrogen and oxygen atoms in total. The summed E-state index contributed by atoms with van der Waals surface area (Å²) in [6.45, 7) is 8.01. The van der Waals surface area contributed by atoms with E-state index in [1.807, 2.05) is 4.90 Å². The minimum atomic E-state index is -0.527. The number of hydrogen-bond donors (Lipinski definition) is 2. The maximum absolute atomic E-state index is 12.3. The van der Waals surface area contributed by atoms with E-state index in [0.717, 1.165) is 13.0 Å². The van der Waals surface area contributed by atoms with Crippen LogP contribution in [0.1, 0.15) is 27.2 Å². The lowest BCUT2D eigenvalue weighted by Gasteiger charge is -2.42. The highest BCUT2D eigenvalue weighted by Crippen LogP contribution is 2.30. The first-order valence-electron chi connectivity index (χ1n) is 8.42. The minimum absolute atomic E-state index is 0.0658. The molecule has 2 rings (SSSR count). The predicted molar refractivity (Wildman–Crippen MR) is 95.7 cm³/mol. The third kappa shape index (κ3) is 4.90. The lowest BCUT2D eigenvalue weighted by Crippen LogP contribution is -2.53. The van der Waals surface area contributed by atoms with Gasteiger partial charge in [0.05, 0.1) is 24.1 Å². The van der Waals surface area contributed by atoms with E-state index in [-0.39, 0.29) is 35.3 Å². The summed E-state index contributed by atoms with van der Waals surface area (Å²) in [5, 5.41) is 13.9. The van der Waals surface area contributed by atoms with E-state index >= 15 is 0 Å². The zero-order valence-corrected chi connectivity index (χ0v) is 14.9. The number of nitrogens with two attached hydrogens (primary N) is 1. The molecule has 1 atom stereocenters. The Labute approximate surface area is 147 Å². The van der Waals surface area contributed by atoms with Crippen molar-refractivity contribution < 1.29 is 14.5 Å². The first-order valence-corrected chi connectivity index (χ1v) is 8.42. The molecule has 3 N–H and O–H groups in total. The summed E-state index contributed by atoms with van der Waals surface area (Å²) < 4.78 is 5.27. The standard InChI is InChI=1S/C17H26N4O4/c1-4-25-12-5-6-13(14(9-12)21(23)24)19-16(22)10-20-8-7-15(18)17(2,3)11-20/h5-6,9,15H,4,7-8,10-11,18H2,1-3H3,(H,19,22).